The molecule has 0 spiro atoms. The summed E-state index contributed by atoms with van der Waals surface area (Å²) in [6, 6.07) is 0. The lowest BCUT2D eigenvalue weighted by Gasteiger charge is -2.12. The molecular weight excluding hydrogens is 326 g/mol. The van der Waals surface area contributed by atoms with E-state index in [1.807, 2.05) is 0 Å². The minimum absolute atomic E-state index is 0.655. The van der Waals surface area contributed by atoms with Gasteiger partial charge in [0.25, 0.3) is 0 Å². The largest absolute Gasteiger partial charge is 0.465 e. The van der Waals surface area contributed by atoms with Gasteiger partial charge in [0.2, 0.25) is 0 Å². The van der Waals surface area contributed by atoms with Crippen molar-refractivity contribution in [3.63, 3.8) is 0 Å². The van der Waals surface area contributed by atoms with Crippen LogP contribution in [0.5, 0.6) is 0 Å². The first kappa shape index (κ1) is 8.48. The molecule has 0 aliphatic rings. The molecule has 0 aromatic heterocycles. The van der Waals surface area contributed by atoms with Crippen molar-refractivity contribution in [1.29, 1.82) is 0 Å². The molecule has 0 amide bonds. The van der Waals surface area contributed by atoms with Gasteiger partial charge in [-0.2, -0.15) is 0 Å². The third-order valence-corrected chi connectivity index (χ3v) is 3.56. The van der Waals surface area contributed by atoms with E-state index in [-0.39, 0.29) is 0 Å². The van der Waals surface area contributed by atoms with Gasteiger partial charge in [-0.05, 0) is 0 Å². The van der Waals surface area contributed by atoms with Gasteiger partial charge in [-0.1, -0.05) is 46.4 Å². The molecule has 0 saturated heterocycles. The summed E-state index contributed by atoms with van der Waals surface area (Å²) in [6.07, 6.45) is 0. The summed E-state index contributed by atoms with van der Waals surface area (Å²) in [4.78, 5) is 23.7. The van der Waals surface area contributed by atoms with Gasteiger partial charge in [0.15, 0.2) is 0 Å². The predicted octanol–water partition coefficient (Wildman–Crippen LogP) is 3.87. The summed E-state index contributed by atoms with van der Waals surface area (Å²) in [6.45, 7) is 0. The van der Waals surface area contributed by atoms with Crippen molar-refractivity contribution >= 4 is 58.3 Å². The third kappa shape index (κ3) is 2.52. The molecule has 0 N–H and O–H groups in total. The highest BCUT2D eigenvalue weighted by molar-refractivity contribution is 6.52. The molecular formula is C10H6Cl4O4. The number of rotatable bonds is 2. The predicted molar refractivity (Wildman–Crippen MR) is 69.2 cm³/mol. The molecule has 0 bridgehead atoms. The second-order valence-corrected chi connectivity index (χ2v) is 4.30. The lowest BCUT2D eigenvalue weighted by atomic mass is 10.1. The maximum atomic E-state index is 11.8. The van der Waals surface area contributed by atoms with Crippen molar-refractivity contribution in [2.45, 2.75) is 0 Å². The summed E-state index contributed by atoms with van der Waals surface area (Å²) in [5.74, 6) is -2.94. The number of hydrogen-bond acceptors (Lipinski definition) is 4. The Balaban J connectivity index is 3.46. The second-order valence-electron chi connectivity index (χ2n) is 2.78. The second kappa shape index (κ2) is 5.97. The normalized spacial score (nSPS) is 16.4. The molecule has 1 aromatic carbocycles. The molecule has 1 rings (SSSR count). The van der Waals surface area contributed by atoms with E-state index in [4.69, 9.17) is 54.6 Å². The van der Waals surface area contributed by atoms with Gasteiger partial charge in [-0.3, -0.25) is 0 Å². The van der Waals surface area contributed by atoms with Crippen LogP contribution in [0.25, 0.3) is 0 Å². The minimum Gasteiger partial charge on any atom is -0.465 e. The molecule has 0 heterocycles. The Morgan fingerprint density at radius 3 is 1.33 bits per heavy atom. The first-order chi connectivity index (χ1) is 10.7. The van der Waals surface area contributed by atoms with Crippen molar-refractivity contribution in [3.8, 4) is 0 Å². The number of carbonyl (C=O) groups is 2. The molecule has 98 valence electrons. The highest BCUT2D eigenvalue weighted by atomic mass is 35.5. The summed E-state index contributed by atoms with van der Waals surface area (Å²) in [5, 5.41) is -2.62. The fourth-order valence-corrected chi connectivity index (χ4v) is 2.25. The van der Waals surface area contributed by atoms with Crippen LogP contribution in [-0.2, 0) is 9.47 Å². The number of ether oxygens (including phenoxy) is 2. The molecule has 18 heavy (non-hydrogen) atoms. The first-order valence-electron chi connectivity index (χ1n) is 6.98. The van der Waals surface area contributed by atoms with Crippen LogP contribution >= 0.6 is 46.4 Å². The van der Waals surface area contributed by atoms with Gasteiger partial charge in [0.05, 0.1) is 53.5 Å². The molecule has 0 aliphatic carbocycles. The van der Waals surface area contributed by atoms with Crippen LogP contribution in [0.4, 0.5) is 0 Å². The van der Waals surface area contributed by atoms with E-state index in [2.05, 4.69) is 9.47 Å². The van der Waals surface area contributed by atoms with Gasteiger partial charge in [0.1, 0.15) is 0 Å². The zero-order valence-electron chi connectivity index (χ0n) is 14.1. The molecule has 0 saturated carbocycles. The van der Waals surface area contributed by atoms with Crippen LogP contribution in [-0.4, -0.2) is 26.0 Å². The zero-order valence-corrected chi connectivity index (χ0v) is 11.2. The fraction of sp³-hybridized carbons (Fsp3) is 0.200. The van der Waals surface area contributed by atoms with Gasteiger partial charge in [0, 0.05) is 0 Å². The van der Waals surface area contributed by atoms with Crippen LogP contribution in [0.2, 0.25) is 20.1 Å². The highest BCUT2D eigenvalue weighted by Crippen LogP contribution is 2.41. The lowest BCUT2D eigenvalue weighted by Crippen LogP contribution is -2.09. The summed E-state index contributed by atoms with van der Waals surface area (Å²) < 4.78 is 49.5. The lowest BCUT2D eigenvalue weighted by molar-refractivity contribution is 0.0587. The van der Waals surface area contributed by atoms with Crippen LogP contribution in [0.1, 0.15) is 28.9 Å². The van der Waals surface area contributed by atoms with Crippen molar-refractivity contribution in [1.82, 2.24) is 0 Å². The van der Waals surface area contributed by atoms with E-state index in [1.54, 1.807) is 0 Å². The van der Waals surface area contributed by atoms with E-state index in [0.29, 0.717) is 0 Å². The van der Waals surface area contributed by atoms with E-state index < -0.39 is 57.2 Å². The van der Waals surface area contributed by atoms with Crippen LogP contribution in [0.15, 0.2) is 0 Å². The van der Waals surface area contributed by atoms with Gasteiger partial charge >= 0.3 is 11.9 Å². The number of esters is 2. The Bertz CT molecular complexity index is 612. The topological polar surface area (TPSA) is 52.6 Å². The van der Waals surface area contributed by atoms with Crippen molar-refractivity contribution in [2.24, 2.45) is 0 Å². The number of benzene rings is 1. The molecule has 1 aromatic rings. The van der Waals surface area contributed by atoms with E-state index >= 15 is 0 Å². The average molecular weight is 338 g/mol. The van der Waals surface area contributed by atoms with Crippen LogP contribution < -0.4 is 0 Å². The Morgan fingerprint density at radius 1 is 0.833 bits per heavy atom. The Hall–Kier alpha value is -0.680. The SMILES string of the molecule is [2H]C([2H])([2H])OC(=O)c1c(Cl)c(Cl)c(C(=O)OC([2H])([2H])[2H])c(Cl)c1Cl. The van der Waals surface area contributed by atoms with Crippen molar-refractivity contribution in [3.05, 3.63) is 31.2 Å². The monoisotopic (exact) mass is 336 g/mol. The molecule has 8 heteroatoms. The number of hydrogen-bond donors (Lipinski definition) is 0. The average Bonchev–Trinajstić information content (AvgIpc) is 2.32. The maximum Gasteiger partial charge on any atom is 0.341 e. The van der Waals surface area contributed by atoms with E-state index in [9.17, 15) is 9.59 Å². The number of methoxy groups -OCH3 is 2. The van der Waals surface area contributed by atoms with Gasteiger partial charge < -0.3 is 9.47 Å². The fourth-order valence-electron chi connectivity index (χ4n) is 1.09. The molecule has 0 atom stereocenters. The Morgan fingerprint density at radius 2 is 1.11 bits per heavy atom. The highest BCUT2D eigenvalue weighted by Gasteiger charge is 2.28. The first-order valence-corrected chi connectivity index (χ1v) is 5.49. The van der Waals surface area contributed by atoms with E-state index in [1.165, 1.54) is 0 Å². The Kier molecular flexibility index (Phi) is 2.82. The summed E-state index contributed by atoms with van der Waals surface area (Å²) in [7, 11) is -6.19. The smallest absolute Gasteiger partial charge is 0.341 e. The van der Waals surface area contributed by atoms with Crippen LogP contribution in [0, 0.1) is 0 Å². The maximum absolute atomic E-state index is 11.8. The summed E-state index contributed by atoms with van der Waals surface area (Å²) in [5.41, 5.74) is -1.40. The number of carbonyl (C=O) groups excluding carboxylic acids is 2. The minimum atomic E-state index is -3.10. The van der Waals surface area contributed by atoms with Gasteiger partial charge in [-0.15, -0.1) is 0 Å². The van der Waals surface area contributed by atoms with Gasteiger partial charge in [-0.25, -0.2) is 9.59 Å². The molecule has 4 nitrogen and oxygen atoms in total. The van der Waals surface area contributed by atoms with E-state index in [0.717, 1.165) is 0 Å². The molecule has 0 radical (unpaired) electrons. The standard InChI is InChI=1S/C10H6Cl4O4/c1-17-9(15)3-5(11)7(13)4(10(16)18-2)8(14)6(3)12/h1-2H3/i1D3,2D3. The zero-order chi connectivity index (χ0) is 19.0. The van der Waals surface area contributed by atoms with Crippen LogP contribution in [0.3, 0.4) is 0 Å². The molecule has 0 fully saturated rings. The van der Waals surface area contributed by atoms with Crippen molar-refractivity contribution < 1.29 is 27.3 Å². The molecule has 0 unspecified atom stereocenters. The number of halogens is 4. The quantitative estimate of drug-likeness (QED) is 0.607. The molecule has 0 aliphatic heterocycles. The summed E-state index contributed by atoms with van der Waals surface area (Å²) >= 11 is 23.2. The third-order valence-electron chi connectivity index (χ3n) is 1.86. The van der Waals surface area contributed by atoms with Crippen molar-refractivity contribution in [2.75, 3.05) is 14.1 Å². The Labute approximate surface area is 131 Å².